The molecule has 0 aliphatic rings. The summed E-state index contributed by atoms with van der Waals surface area (Å²) in [6.45, 7) is 10.1. The molecule has 0 radical (unpaired) electrons. The molecule has 38 heavy (non-hydrogen) atoms. The summed E-state index contributed by atoms with van der Waals surface area (Å²) in [6.07, 6.45) is 4.13. The minimum atomic E-state index is -1.54. The highest BCUT2D eigenvalue weighted by atomic mass is 16.6. The van der Waals surface area contributed by atoms with Gasteiger partial charge in [0, 0.05) is 17.3 Å². The number of hydrogen-bond acceptors (Lipinski definition) is 6. The molecule has 10 nitrogen and oxygen atoms in total. The van der Waals surface area contributed by atoms with Crippen molar-refractivity contribution in [3.63, 3.8) is 0 Å². The van der Waals surface area contributed by atoms with Crippen molar-refractivity contribution in [2.75, 3.05) is 5.32 Å². The molecule has 10 heteroatoms. The molecule has 0 fully saturated rings. The van der Waals surface area contributed by atoms with Crippen LogP contribution >= 0.6 is 0 Å². The predicted molar refractivity (Wildman–Crippen MR) is 143 cm³/mol. The van der Waals surface area contributed by atoms with E-state index in [9.17, 15) is 24.3 Å². The Bertz CT molecular complexity index is 1250. The standard InChI is InChI=1S/C28H34N4O6/c1-8-32(26(36)20(15-21(29)33)30-27(37)38-28(5,6)7)23(19-14-10-13-18(4)24(19)34)25(35)31-22-16(2)11-9-12-17(22)3/h1,9-14,20,23,34H,15H2,2-7H3,(H2,29,33)(H,30,37)(H,31,35). The minimum Gasteiger partial charge on any atom is -0.507 e. The van der Waals surface area contributed by atoms with E-state index < -0.39 is 47.9 Å². The molecule has 0 saturated heterocycles. The summed E-state index contributed by atoms with van der Waals surface area (Å²) >= 11 is 0. The number of primary amides is 1. The summed E-state index contributed by atoms with van der Waals surface area (Å²) in [5.41, 5.74) is 6.98. The van der Waals surface area contributed by atoms with Crippen molar-refractivity contribution < 1.29 is 29.0 Å². The van der Waals surface area contributed by atoms with E-state index in [1.54, 1.807) is 65.8 Å². The van der Waals surface area contributed by atoms with Crippen LogP contribution in [-0.2, 0) is 19.1 Å². The van der Waals surface area contributed by atoms with E-state index in [1.807, 2.05) is 6.07 Å². The molecule has 0 bridgehead atoms. The number of amides is 4. The minimum absolute atomic E-state index is 0.0510. The first-order chi connectivity index (χ1) is 17.7. The molecule has 2 rings (SSSR count). The molecule has 0 saturated carbocycles. The van der Waals surface area contributed by atoms with Gasteiger partial charge in [0.2, 0.25) is 5.91 Å². The number of anilines is 1. The molecule has 202 valence electrons. The van der Waals surface area contributed by atoms with Gasteiger partial charge in [0.25, 0.3) is 11.8 Å². The van der Waals surface area contributed by atoms with Gasteiger partial charge in [-0.05, 0) is 58.2 Å². The number of nitrogens with zero attached hydrogens (tertiary/aromatic N) is 1. The molecule has 0 heterocycles. The molecule has 0 aliphatic heterocycles. The van der Waals surface area contributed by atoms with E-state index in [0.29, 0.717) is 11.3 Å². The van der Waals surface area contributed by atoms with Crippen LogP contribution in [0.2, 0.25) is 0 Å². The fourth-order valence-electron chi connectivity index (χ4n) is 3.79. The molecule has 2 aromatic carbocycles. The van der Waals surface area contributed by atoms with Crippen molar-refractivity contribution in [1.82, 2.24) is 10.2 Å². The zero-order valence-electron chi connectivity index (χ0n) is 22.4. The summed E-state index contributed by atoms with van der Waals surface area (Å²) in [6, 6.07) is 9.24. The molecular weight excluding hydrogens is 488 g/mol. The van der Waals surface area contributed by atoms with Crippen LogP contribution < -0.4 is 16.4 Å². The molecule has 0 aliphatic carbocycles. The van der Waals surface area contributed by atoms with Crippen molar-refractivity contribution in [1.29, 1.82) is 0 Å². The molecule has 5 N–H and O–H groups in total. The van der Waals surface area contributed by atoms with E-state index in [2.05, 4.69) is 16.7 Å². The third-order valence-corrected chi connectivity index (χ3v) is 5.57. The Labute approximate surface area is 222 Å². The first-order valence-corrected chi connectivity index (χ1v) is 11.9. The second-order valence-corrected chi connectivity index (χ2v) is 9.88. The number of alkyl carbamates (subject to hydrolysis) is 1. The lowest BCUT2D eigenvalue weighted by atomic mass is 9.98. The van der Waals surface area contributed by atoms with Gasteiger partial charge in [-0.15, -0.1) is 0 Å². The van der Waals surface area contributed by atoms with Crippen molar-refractivity contribution >= 4 is 29.5 Å². The van der Waals surface area contributed by atoms with Crippen molar-refractivity contribution in [2.24, 2.45) is 5.73 Å². The lowest BCUT2D eigenvalue weighted by molar-refractivity contribution is -0.138. The highest BCUT2D eigenvalue weighted by molar-refractivity contribution is 6.01. The number of aryl methyl sites for hydroxylation is 3. The Balaban J connectivity index is 2.58. The molecule has 4 amide bonds. The van der Waals surface area contributed by atoms with E-state index in [4.69, 9.17) is 16.9 Å². The van der Waals surface area contributed by atoms with Crippen LogP contribution in [0.15, 0.2) is 36.4 Å². The van der Waals surface area contributed by atoms with Crippen LogP contribution in [0.4, 0.5) is 10.5 Å². The molecule has 0 aromatic heterocycles. The van der Waals surface area contributed by atoms with Crippen molar-refractivity contribution in [2.45, 2.75) is 65.6 Å². The third kappa shape index (κ3) is 7.49. The first-order valence-electron chi connectivity index (χ1n) is 11.9. The Morgan fingerprint density at radius 3 is 2.13 bits per heavy atom. The van der Waals surface area contributed by atoms with Crippen LogP contribution in [0.1, 0.15) is 55.5 Å². The summed E-state index contributed by atoms with van der Waals surface area (Å²) in [4.78, 5) is 52.3. The second-order valence-electron chi connectivity index (χ2n) is 9.88. The van der Waals surface area contributed by atoms with Gasteiger partial charge in [-0.3, -0.25) is 19.3 Å². The van der Waals surface area contributed by atoms with Gasteiger partial charge in [0.1, 0.15) is 17.4 Å². The lowest BCUT2D eigenvalue weighted by Crippen LogP contribution is -2.52. The average Bonchev–Trinajstić information content (AvgIpc) is 2.79. The summed E-state index contributed by atoms with van der Waals surface area (Å²) < 4.78 is 5.20. The summed E-state index contributed by atoms with van der Waals surface area (Å²) in [5, 5.41) is 15.9. The Kier molecular flexibility index (Phi) is 9.50. The van der Waals surface area contributed by atoms with Crippen molar-refractivity contribution in [3.8, 4) is 18.2 Å². The van der Waals surface area contributed by atoms with E-state index in [1.165, 1.54) is 6.07 Å². The number of rotatable bonds is 8. The number of hydrogen-bond donors (Lipinski definition) is 4. The normalized spacial score (nSPS) is 12.4. The van der Waals surface area contributed by atoms with E-state index in [0.717, 1.165) is 16.0 Å². The summed E-state index contributed by atoms with van der Waals surface area (Å²) in [7, 11) is 0. The molecule has 2 atom stereocenters. The highest BCUT2D eigenvalue weighted by Gasteiger charge is 2.38. The maximum absolute atomic E-state index is 13.7. The lowest BCUT2D eigenvalue weighted by Gasteiger charge is -2.31. The maximum Gasteiger partial charge on any atom is 0.408 e. The number of nitrogens with two attached hydrogens (primary N) is 1. The Morgan fingerprint density at radius 2 is 1.61 bits per heavy atom. The van der Waals surface area contributed by atoms with Gasteiger partial charge in [0.15, 0.2) is 6.04 Å². The zero-order chi connectivity index (χ0) is 28.8. The number of para-hydroxylation sites is 2. The van der Waals surface area contributed by atoms with Crippen molar-refractivity contribution in [3.05, 3.63) is 58.7 Å². The fraction of sp³-hybridized carbons (Fsp3) is 0.357. The first kappa shape index (κ1) is 29.7. The number of ether oxygens (including phenoxy) is 1. The Morgan fingerprint density at radius 1 is 1.05 bits per heavy atom. The van der Waals surface area contributed by atoms with Gasteiger partial charge in [-0.1, -0.05) is 42.8 Å². The van der Waals surface area contributed by atoms with E-state index >= 15 is 0 Å². The molecule has 0 spiro atoms. The number of carbonyl (C=O) groups is 4. The molecule has 2 unspecified atom stereocenters. The van der Waals surface area contributed by atoms with E-state index in [-0.39, 0.29) is 11.3 Å². The fourth-order valence-corrected chi connectivity index (χ4v) is 3.79. The number of phenols is 1. The number of benzene rings is 2. The Hall–Kier alpha value is -4.52. The number of aromatic hydroxyl groups is 1. The monoisotopic (exact) mass is 522 g/mol. The van der Waals surface area contributed by atoms with Gasteiger partial charge in [0.05, 0.1) is 6.42 Å². The third-order valence-electron chi connectivity index (χ3n) is 5.57. The largest absolute Gasteiger partial charge is 0.507 e. The van der Waals surface area contributed by atoms with Crippen LogP contribution in [0.5, 0.6) is 5.75 Å². The second kappa shape index (κ2) is 12.1. The zero-order valence-corrected chi connectivity index (χ0v) is 22.4. The maximum atomic E-state index is 13.7. The topological polar surface area (TPSA) is 151 Å². The molecular formula is C28H34N4O6. The highest BCUT2D eigenvalue weighted by Crippen LogP contribution is 2.33. The van der Waals surface area contributed by atoms with Crippen LogP contribution in [0.25, 0.3) is 0 Å². The number of nitrogens with one attached hydrogen (secondary N) is 2. The smallest absolute Gasteiger partial charge is 0.408 e. The SMILES string of the molecule is C#CN(C(=O)C(CC(N)=O)NC(=O)OC(C)(C)C)C(C(=O)Nc1c(C)cccc1C)c1cccc(C)c1O. The van der Waals surface area contributed by atoms with Gasteiger partial charge >= 0.3 is 6.09 Å². The predicted octanol–water partition coefficient (Wildman–Crippen LogP) is 3.19. The number of carbonyl (C=O) groups excluding carboxylic acids is 4. The number of phenolic OH excluding ortho intramolecular Hbond substituents is 1. The van der Waals surface area contributed by atoms with Gasteiger partial charge < -0.3 is 26.2 Å². The quantitative estimate of drug-likeness (QED) is 0.309. The van der Waals surface area contributed by atoms with Gasteiger partial charge in [-0.25, -0.2) is 4.79 Å². The van der Waals surface area contributed by atoms with Crippen LogP contribution in [0, 0.1) is 33.2 Å². The average molecular weight is 523 g/mol. The molecule has 2 aromatic rings. The summed E-state index contributed by atoms with van der Waals surface area (Å²) in [5.74, 6) is -2.83. The number of terminal acetylenes is 1. The van der Waals surface area contributed by atoms with Crippen LogP contribution in [-0.4, -0.2) is 45.5 Å². The van der Waals surface area contributed by atoms with Crippen LogP contribution in [0.3, 0.4) is 0 Å². The van der Waals surface area contributed by atoms with Gasteiger partial charge in [-0.2, -0.15) is 0 Å².